The van der Waals surface area contributed by atoms with E-state index in [4.69, 9.17) is 9.47 Å². The summed E-state index contributed by atoms with van der Waals surface area (Å²) < 4.78 is 13.8. The van der Waals surface area contributed by atoms with Gasteiger partial charge in [0.15, 0.2) is 0 Å². The van der Waals surface area contributed by atoms with E-state index >= 15 is 0 Å². The van der Waals surface area contributed by atoms with Gasteiger partial charge in [0, 0.05) is 50.2 Å². The number of fused-ring (bicyclic) bond motifs is 1. The zero-order valence-corrected chi connectivity index (χ0v) is 13.9. The van der Waals surface area contributed by atoms with Crippen LogP contribution in [0.5, 0.6) is 0 Å². The maximum absolute atomic E-state index is 5.96. The van der Waals surface area contributed by atoms with E-state index < -0.39 is 0 Å². The van der Waals surface area contributed by atoms with Crippen molar-refractivity contribution in [3.05, 3.63) is 48.3 Å². The number of ether oxygens (including phenoxy) is 2. The lowest BCUT2D eigenvalue weighted by atomic mass is 10.1. The number of nitrogens with zero attached hydrogens (tertiary/aromatic N) is 4. The molecule has 0 spiro atoms. The van der Waals surface area contributed by atoms with Gasteiger partial charge in [-0.3, -0.25) is 9.88 Å². The summed E-state index contributed by atoms with van der Waals surface area (Å²) in [6.45, 7) is 5.90. The van der Waals surface area contributed by atoms with E-state index in [1.807, 2.05) is 30.6 Å². The predicted octanol–water partition coefficient (Wildman–Crippen LogP) is 1.72. The van der Waals surface area contributed by atoms with E-state index in [0.717, 1.165) is 57.4 Å². The van der Waals surface area contributed by atoms with E-state index in [1.165, 1.54) is 0 Å². The molecule has 0 radical (unpaired) electrons. The molecule has 0 unspecified atom stereocenters. The van der Waals surface area contributed by atoms with Crippen molar-refractivity contribution < 1.29 is 9.47 Å². The van der Waals surface area contributed by atoms with Gasteiger partial charge in [-0.25, -0.2) is 4.98 Å². The van der Waals surface area contributed by atoms with E-state index in [9.17, 15) is 0 Å². The Morgan fingerprint density at radius 1 is 1.21 bits per heavy atom. The molecule has 2 aromatic rings. The van der Waals surface area contributed by atoms with E-state index in [0.29, 0.717) is 18.6 Å². The number of imidazole rings is 1. The summed E-state index contributed by atoms with van der Waals surface area (Å²) in [5.74, 6) is 1.60. The molecule has 0 saturated carbocycles. The molecule has 4 rings (SSSR count). The Balaban J connectivity index is 1.39. The molecule has 0 bridgehead atoms. The number of aromatic nitrogens is 3. The van der Waals surface area contributed by atoms with Gasteiger partial charge in [0.25, 0.3) is 0 Å². The normalized spacial score (nSPS) is 24.7. The molecular weight excluding hydrogens is 304 g/mol. The second kappa shape index (κ2) is 7.42. The van der Waals surface area contributed by atoms with E-state index in [-0.39, 0.29) is 0 Å². The highest BCUT2D eigenvalue weighted by Crippen LogP contribution is 2.22. The van der Waals surface area contributed by atoms with Crippen LogP contribution in [0.1, 0.15) is 17.9 Å². The highest BCUT2D eigenvalue weighted by Gasteiger charge is 2.29. The second-order valence-corrected chi connectivity index (χ2v) is 6.64. The largest absolute Gasteiger partial charge is 0.380 e. The van der Waals surface area contributed by atoms with Gasteiger partial charge in [-0.05, 0) is 18.6 Å². The Bertz CT molecular complexity index is 639. The van der Waals surface area contributed by atoms with E-state index in [2.05, 4.69) is 25.6 Å². The Labute approximate surface area is 142 Å². The molecule has 0 aliphatic carbocycles. The first-order chi connectivity index (χ1) is 11.9. The molecule has 24 heavy (non-hydrogen) atoms. The van der Waals surface area contributed by atoms with Gasteiger partial charge in [-0.2, -0.15) is 0 Å². The molecule has 2 aromatic heterocycles. The number of hydrogen-bond donors (Lipinski definition) is 0. The monoisotopic (exact) mass is 328 g/mol. The fraction of sp³-hybridized carbons (Fsp3) is 0.556. The lowest BCUT2D eigenvalue weighted by Gasteiger charge is -2.28. The minimum absolute atomic E-state index is 0.449. The first-order valence-corrected chi connectivity index (χ1v) is 8.68. The highest BCUT2D eigenvalue weighted by atomic mass is 16.5. The van der Waals surface area contributed by atoms with Gasteiger partial charge in [0.2, 0.25) is 0 Å². The fourth-order valence-electron chi connectivity index (χ4n) is 3.58. The van der Waals surface area contributed by atoms with Crippen molar-refractivity contribution >= 4 is 0 Å². The van der Waals surface area contributed by atoms with Gasteiger partial charge >= 0.3 is 0 Å². The number of rotatable bonds is 5. The molecule has 1 saturated heterocycles. The van der Waals surface area contributed by atoms with Crippen molar-refractivity contribution in [2.45, 2.75) is 32.2 Å². The van der Waals surface area contributed by atoms with Crippen LogP contribution < -0.4 is 0 Å². The van der Waals surface area contributed by atoms with Crippen molar-refractivity contribution in [2.24, 2.45) is 5.92 Å². The van der Waals surface area contributed by atoms with Crippen molar-refractivity contribution in [3.8, 4) is 0 Å². The first kappa shape index (κ1) is 15.7. The Kier molecular flexibility index (Phi) is 4.87. The topological polar surface area (TPSA) is 52.4 Å². The van der Waals surface area contributed by atoms with Crippen molar-refractivity contribution in [2.75, 3.05) is 26.4 Å². The first-order valence-electron chi connectivity index (χ1n) is 8.68. The summed E-state index contributed by atoms with van der Waals surface area (Å²) >= 11 is 0. The van der Waals surface area contributed by atoms with Crippen LogP contribution in [-0.2, 0) is 29.2 Å². The van der Waals surface area contributed by atoms with Gasteiger partial charge in [0.05, 0.1) is 32.1 Å². The van der Waals surface area contributed by atoms with Crippen molar-refractivity contribution in [1.82, 2.24) is 19.4 Å². The lowest BCUT2D eigenvalue weighted by molar-refractivity contribution is 0.0552. The Morgan fingerprint density at radius 3 is 3.04 bits per heavy atom. The quantitative estimate of drug-likeness (QED) is 0.836. The molecule has 1 fully saturated rings. The minimum Gasteiger partial charge on any atom is -0.380 e. The summed E-state index contributed by atoms with van der Waals surface area (Å²) in [4.78, 5) is 11.4. The molecule has 2 aliphatic heterocycles. The van der Waals surface area contributed by atoms with Gasteiger partial charge < -0.3 is 14.0 Å². The molecule has 6 heteroatoms. The van der Waals surface area contributed by atoms with Crippen LogP contribution in [0.2, 0.25) is 0 Å². The molecule has 6 nitrogen and oxygen atoms in total. The van der Waals surface area contributed by atoms with Crippen molar-refractivity contribution in [3.63, 3.8) is 0 Å². The minimum atomic E-state index is 0.449. The maximum Gasteiger partial charge on any atom is 0.122 e. The summed E-state index contributed by atoms with van der Waals surface area (Å²) in [5.41, 5.74) is 0.982. The lowest BCUT2D eigenvalue weighted by Crippen LogP contribution is -2.39. The van der Waals surface area contributed by atoms with Crippen LogP contribution in [0.3, 0.4) is 0 Å². The van der Waals surface area contributed by atoms with Crippen LogP contribution in [-0.4, -0.2) is 51.8 Å². The van der Waals surface area contributed by atoms with Crippen LogP contribution in [0.25, 0.3) is 0 Å². The number of hydrogen-bond acceptors (Lipinski definition) is 5. The summed E-state index contributed by atoms with van der Waals surface area (Å²) in [6.07, 6.45) is 6.90. The van der Waals surface area contributed by atoms with Crippen LogP contribution >= 0.6 is 0 Å². The van der Waals surface area contributed by atoms with Crippen LogP contribution in [0.15, 0.2) is 36.8 Å². The molecule has 128 valence electrons. The smallest absolute Gasteiger partial charge is 0.122 e. The summed E-state index contributed by atoms with van der Waals surface area (Å²) in [7, 11) is 0. The molecule has 4 heterocycles. The standard InChI is InChI=1S/C18H24N4O2/c1-2-5-19-16(3-1)13-24-12-15-9-21-7-6-20-18(21)11-22(10-15)17-4-8-23-14-17/h1-3,5-7,15,17H,4,8-14H2/t15-,17-/m1/s1. The van der Waals surface area contributed by atoms with Gasteiger partial charge in [-0.15, -0.1) is 0 Å². The summed E-state index contributed by atoms with van der Waals surface area (Å²) in [5, 5.41) is 0. The molecule has 0 amide bonds. The third-order valence-electron chi connectivity index (χ3n) is 4.85. The third-order valence-corrected chi connectivity index (χ3v) is 4.85. The molecule has 2 atom stereocenters. The summed E-state index contributed by atoms with van der Waals surface area (Å²) in [6, 6.07) is 6.43. The zero-order chi connectivity index (χ0) is 16.2. The van der Waals surface area contributed by atoms with Crippen molar-refractivity contribution in [1.29, 1.82) is 0 Å². The molecular formula is C18H24N4O2. The number of pyridine rings is 1. The zero-order valence-electron chi connectivity index (χ0n) is 13.9. The Morgan fingerprint density at radius 2 is 2.21 bits per heavy atom. The third kappa shape index (κ3) is 3.66. The Hall–Kier alpha value is -1.76. The van der Waals surface area contributed by atoms with Crippen LogP contribution in [0.4, 0.5) is 0 Å². The molecule has 0 aromatic carbocycles. The maximum atomic E-state index is 5.96. The van der Waals surface area contributed by atoms with Crippen LogP contribution in [0, 0.1) is 5.92 Å². The second-order valence-electron chi connectivity index (χ2n) is 6.64. The van der Waals surface area contributed by atoms with E-state index in [1.54, 1.807) is 0 Å². The fourth-order valence-corrected chi connectivity index (χ4v) is 3.58. The molecule has 2 aliphatic rings. The van der Waals surface area contributed by atoms with Gasteiger partial charge in [-0.1, -0.05) is 6.07 Å². The molecule has 0 N–H and O–H groups in total. The highest BCUT2D eigenvalue weighted by molar-refractivity contribution is 5.02. The SMILES string of the molecule is c1ccc(COC[C@H]2CN([C@@H]3CCOC3)Cc3nccn3C2)nc1. The average molecular weight is 328 g/mol. The predicted molar refractivity (Wildman–Crippen MR) is 89.2 cm³/mol. The van der Waals surface area contributed by atoms with Gasteiger partial charge in [0.1, 0.15) is 5.82 Å². The average Bonchev–Trinajstić information content (AvgIpc) is 3.25.